The first-order valence-electron chi connectivity index (χ1n) is 4.40. The van der Waals surface area contributed by atoms with Crippen molar-refractivity contribution < 1.29 is 14.8 Å². The Balaban J connectivity index is 3.27. The van der Waals surface area contributed by atoms with E-state index < -0.39 is 7.12 Å². The molecule has 0 heterocycles. The number of benzene rings is 1. The van der Waals surface area contributed by atoms with Gasteiger partial charge in [-0.25, -0.2) is 0 Å². The Labute approximate surface area is 88.2 Å². The molecule has 0 saturated heterocycles. The summed E-state index contributed by atoms with van der Waals surface area (Å²) in [5.74, 6) is -0.296. The fourth-order valence-corrected chi connectivity index (χ4v) is 1.24. The molecule has 0 spiro atoms. The van der Waals surface area contributed by atoms with Crippen LogP contribution in [0.2, 0.25) is 0 Å². The normalized spacial score (nSPS) is 9.80. The number of allylic oxidation sites excluding steroid dienone is 1. The first-order chi connectivity index (χ1) is 6.95. The number of carbonyl (C=O) groups excluding carboxylic acids is 1. The van der Waals surface area contributed by atoms with Crippen molar-refractivity contribution in [3.63, 3.8) is 0 Å². The Bertz CT molecular complexity index is 415. The topological polar surface area (TPSA) is 83.5 Å². The van der Waals surface area contributed by atoms with Gasteiger partial charge < -0.3 is 15.8 Å². The highest BCUT2D eigenvalue weighted by Crippen LogP contribution is 2.13. The Kier molecular flexibility index (Phi) is 3.29. The second-order valence-corrected chi connectivity index (χ2v) is 3.29. The zero-order valence-corrected chi connectivity index (χ0v) is 8.40. The van der Waals surface area contributed by atoms with E-state index in [9.17, 15) is 4.79 Å². The van der Waals surface area contributed by atoms with Crippen LogP contribution in [0.3, 0.4) is 0 Å². The highest BCUT2D eigenvalue weighted by molar-refractivity contribution is 6.60. The van der Waals surface area contributed by atoms with Gasteiger partial charge in [0.2, 0.25) is 0 Å². The van der Waals surface area contributed by atoms with Crippen LogP contribution < -0.4 is 11.2 Å². The van der Waals surface area contributed by atoms with E-state index in [1.165, 1.54) is 12.1 Å². The molecule has 5 heteroatoms. The summed E-state index contributed by atoms with van der Waals surface area (Å²) in [5, 5.41) is 18.0. The molecule has 1 rings (SSSR count). The van der Waals surface area contributed by atoms with E-state index in [4.69, 9.17) is 15.8 Å². The molecule has 78 valence electrons. The molecule has 0 aliphatic rings. The zero-order chi connectivity index (χ0) is 11.6. The van der Waals surface area contributed by atoms with E-state index in [1.807, 2.05) is 0 Å². The lowest BCUT2D eigenvalue weighted by Crippen LogP contribution is -2.33. The third-order valence-corrected chi connectivity index (χ3v) is 2.05. The average Bonchev–Trinajstić information content (AvgIpc) is 2.16. The number of nitrogen functional groups attached to an aromatic ring is 1. The molecule has 15 heavy (non-hydrogen) atoms. The van der Waals surface area contributed by atoms with Gasteiger partial charge in [-0.1, -0.05) is 18.7 Å². The van der Waals surface area contributed by atoms with E-state index in [-0.39, 0.29) is 22.5 Å². The summed E-state index contributed by atoms with van der Waals surface area (Å²) < 4.78 is 0. The van der Waals surface area contributed by atoms with Crippen LogP contribution in [0.1, 0.15) is 17.3 Å². The lowest BCUT2D eigenvalue weighted by atomic mass is 9.77. The number of hydrogen-bond acceptors (Lipinski definition) is 4. The van der Waals surface area contributed by atoms with Crippen LogP contribution in [-0.2, 0) is 0 Å². The molecule has 0 fully saturated rings. The van der Waals surface area contributed by atoms with Gasteiger partial charge in [-0.2, -0.15) is 0 Å². The molecule has 0 aliphatic heterocycles. The van der Waals surface area contributed by atoms with Gasteiger partial charge in [0.05, 0.1) is 0 Å². The van der Waals surface area contributed by atoms with Crippen molar-refractivity contribution in [2.75, 3.05) is 5.73 Å². The number of hydrogen-bond donors (Lipinski definition) is 3. The number of anilines is 1. The van der Waals surface area contributed by atoms with Gasteiger partial charge >= 0.3 is 7.12 Å². The average molecular weight is 205 g/mol. The van der Waals surface area contributed by atoms with Crippen molar-refractivity contribution in [3.8, 4) is 0 Å². The molecule has 0 atom stereocenters. The van der Waals surface area contributed by atoms with Gasteiger partial charge in [-0.05, 0) is 18.6 Å². The molecular weight excluding hydrogens is 193 g/mol. The van der Waals surface area contributed by atoms with Crippen LogP contribution in [0, 0.1) is 0 Å². The molecule has 0 aromatic heterocycles. The molecule has 1 aromatic carbocycles. The minimum atomic E-state index is -1.68. The molecule has 0 bridgehead atoms. The SMILES string of the molecule is C=C(C)C(=O)c1cccc(B(O)O)c1N. The van der Waals surface area contributed by atoms with E-state index in [0.29, 0.717) is 5.57 Å². The Morgan fingerprint density at radius 2 is 2.07 bits per heavy atom. The van der Waals surface area contributed by atoms with Crippen molar-refractivity contribution >= 4 is 24.1 Å². The molecule has 0 aliphatic carbocycles. The zero-order valence-electron chi connectivity index (χ0n) is 8.40. The fraction of sp³-hybridized carbons (Fsp3) is 0.100. The summed E-state index contributed by atoms with van der Waals surface area (Å²) >= 11 is 0. The molecule has 0 saturated carbocycles. The van der Waals surface area contributed by atoms with Gasteiger partial charge in [-0.3, -0.25) is 4.79 Å². The summed E-state index contributed by atoms with van der Waals surface area (Å²) in [6.45, 7) is 5.09. The number of rotatable bonds is 3. The molecule has 4 nitrogen and oxygen atoms in total. The number of carbonyl (C=O) groups is 1. The maximum absolute atomic E-state index is 11.6. The van der Waals surface area contributed by atoms with Crippen LogP contribution in [0.4, 0.5) is 5.69 Å². The number of ketones is 1. The lowest BCUT2D eigenvalue weighted by Gasteiger charge is -2.09. The molecule has 0 amide bonds. The predicted molar refractivity (Wildman–Crippen MR) is 59.8 cm³/mol. The van der Waals surface area contributed by atoms with E-state index in [1.54, 1.807) is 13.0 Å². The minimum Gasteiger partial charge on any atom is -0.423 e. The van der Waals surface area contributed by atoms with Crippen LogP contribution in [0.5, 0.6) is 0 Å². The number of nitrogens with two attached hydrogens (primary N) is 1. The summed E-state index contributed by atoms with van der Waals surface area (Å²) in [4.78, 5) is 11.6. The van der Waals surface area contributed by atoms with Gasteiger partial charge in [0, 0.05) is 16.7 Å². The molecule has 0 unspecified atom stereocenters. The third kappa shape index (κ3) is 2.26. The second kappa shape index (κ2) is 4.29. The summed E-state index contributed by atoms with van der Waals surface area (Å²) in [7, 11) is -1.68. The van der Waals surface area contributed by atoms with Crippen LogP contribution in [0.25, 0.3) is 0 Å². The van der Waals surface area contributed by atoms with E-state index >= 15 is 0 Å². The quantitative estimate of drug-likeness (QED) is 0.274. The Hall–Kier alpha value is -1.59. The van der Waals surface area contributed by atoms with Gasteiger partial charge in [0.25, 0.3) is 0 Å². The van der Waals surface area contributed by atoms with Gasteiger partial charge in [0.1, 0.15) is 0 Å². The van der Waals surface area contributed by atoms with E-state index in [0.717, 1.165) is 0 Å². The Morgan fingerprint density at radius 1 is 1.47 bits per heavy atom. The Morgan fingerprint density at radius 3 is 2.53 bits per heavy atom. The monoisotopic (exact) mass is 205 g/mol. The minimum absolute atomic E-state index is 0.0838. The second-order valence-electron chi connectivity index (χ2n) is 3.29. The maximum Gasteiger partial charge on any atom is 0.490 e. The summed E-state index contributed by atoms with van der Waals surface area (Å²) in [6, 6.07) is 4.52. The first kappa shape index (κ1) is 11.5. The fourth-order valence-electron chi connectivity index (χ4n) is 1.24. The van der Waals surface area contributed by atoms with Gasteiger partial charge in [-0.15, -0.1) is 0 Å². The van der Waals surface area contributed by atoms with Crippen LogP contribution in [-0.4, -0.2) is 22.9 Å². The summed E-state index contributed by atoms with van der Waals surface area (Å²) in [5.41, 5.74) is 6.45. The van der Waals surface area contributed by atoms with Crippen molar-refractivity contribution in [3.05, 3.63) is 35.9 Å². The van der Waals surface area contributed by atoms with E-state index in [2.05, 4.69) is 6.58 Å². The van der Waals surface area contributed by atoms with Crippen LogP contribution >= 0.6 is 0 Å². The van der Waals surface area contributed by atoms with Crippen molar-refractivity contribution in [1.29, 1.82) is 0 Å². The molecule has 1 aromatic rings. The lowest BCUT2D eigenvalue weighted by molar-refractivity contribution is 0.103. The highest BCUT2D eigenvalue weighted by Gasteiger charge is 2.19. The molecule has 0 radical (unpaired) electrons. The van der Waals surface area contributed by atoms with Crippen molar-refractivity contribution in [2.45, 2.75) is 6.92 Å². The third-order valence-electron chi connectivity index (χ3n) is 2.05. The summed E-state index contributed by atoms with van der Waals surface area (Å²) in [6.07, 6.45) is 0. The number of Topliss-reactive ketones (excluding diaryl/α,β-unsaturated/α-hetero) is 1. The predicted octanol–water partition coefficient (Wildman–Crippen LogP) is -0.293. The van der Waals surface area contributed by atoms with Crippen LogP contribution in [0.15, 0.2) is 30.4 Å². The molecule has 4 N–H and O–H groups in total. The first-order valence-corrected chi connectivity index (χ1v) is 4.40. The van der Waals surface area contributed by atoms with Crippen molar-refractivity contribution in [1.82, 2.24) is 0 Å². The standard InChI is InChI=1S/C10H12BNO3/c1-6(2)10(13)7-4-3-5-8(9(7)12)11(14)15/h3-5,14-15H,1,12H2,2H3. The number of para-hydroxylation sites is 1. The maximum atomic E-state index is 11.6. The largest absolute Gasteiger partial charge is 0.490 e. The highest BCUT2D eigenvalue weighted by atomic mass is 16.4. The van der Waals surface area contributed by atoms with Crippen molar-refractivity contribution in [2.24, 2.45) is 0 Å². The van der Waals surface area contributed by atoms with Gasteiger partial charge in [0.15, 0.2) is 5.78 Å². The smallest absolute Gasteiger partial charge is 0.423 e. The molecular formula is C10H12BNO3.